The molecular weight excluding hydrogens is 362 g/mol. The maximum absolute atomic E-state index is 6.03. The van der Waals surface area contributed by atoms with Gasteiger partial charge in [-0.3, -0.25) is 9.67 Å². The highest BCUT2D eigenvalue weighted by Gasteiger charge is 2.36. The predicted molar refractivity (Wildman–Crippen MR) is 116 cm³/mol. The molecule has 0 amide bonds. The number of morpholine rings is 1. The maximum Gasteiger partial charge on any atom is 0.194 e. The van der Waals surface area contributed by atoms with Crippen molar-refractivity contribution in [2.75, 3.05) is 32.8 Å². The minimum absolute atomic E-state index is 0.0378. The van der Waals surface area contributed by atoms with E-state index >= 15 is 0 Å². The minimum Gasteiger partial charge on any atom is -0.370 e. The quantitative estimate of drug-likeness (QED) is 0.624. The summed E-state index contributed by atoms with van der Waals surface area (Å²) in [7, 11) is 1.94. The van der Waals surface area contributed by atoms with E-state index in [1.54, 1.807) is 0 Å². The number of nitrogens with zero attached hydrogens (tertiary/aromatic N) is 4. The van der Waals surface area contributed by atoms with Crippen molar-refractivity contribution in [1.29, 1.82) is 0 Å². The Kier molecular flexibility index (Phi) is 6.19. The van der Waals surface area contributed by atoms with Crippen LogP contribution >= 0.6 is 0 Å². The first kappa shape index (κ1) is 20.0. The summed E-state index contributed by atoms with van der Waals surface area (Å²) in [6.45, 7) is 6.21. The summed E-state index contributed by atoms with van der Waals surface area (Å²) in [6.07, 6.45) is 9.02. The molecule has 2 aromatic rings. The second-order valence-electron chi connectivity index (χ2n) is 8.28. The number of ether oxygens (including phenoxy) is 1. The Labute approximate surface area is 174 Å². The van der Waals surface area contributed by atoms with E-state index in [0.717, 1.165) is 37.7 Å². The minimum atomic E-state index is 0.0378. The lowest BCUT2D eigenvalue weighted by Crippen LogP contribution is -2.48. The Hall–Kier alpha value is -2.34. The molecule has 1 aliphatic carbocycles. The first-order valence-corrected chi connectivity index (χ1v) is 10.9. The van der Waals surface area contributed by atoms with Crippen molar-refractivity contribution in [3.63, 3.8) is 0 Å². The van der Waals surface area contributed by atoms with Crippen molar-refractivity contribution in [1.82, 2.24) is 20.0 Å². The fraction of sp³-hybridized carbons (Fsp3) is 0.565. The zero-order chi connectivity index (χ0) is 20.1. The van der Waals surface area contributed by atoms with Crippen molar-refractivity contribution >= 4 is 5.96 Å². The monoisotopic (exact) mass is 395 g/mol. The molecule has 29 heavy (non-hydrogen) atoms. The Morgan fingerprint density at radius 3 is 2.76 bits per heavy atom. The van der Waals surface area contributed by atoms with Crippen molar-refractivity contribution in [2.24, 2.45) is 12.0 Å². The van der Waals surface area contributed by atoms with Gasteiger partial charge in [0.25, 0.3) is 0 Å². The van der Waals surface area contributed by atoms with Crippen LogP contribution in [-0.4, -0.2) is 53.4 Å². The Morgan fingerprint density at radius 2 is 2.07 bits per heavy atom. The molecule has 6 nitrogen and oxygen atoms in total. The van der Waals surface area contributed by atoms with Gasteiger partial charge in [0.2, 0.25) is 0 Å². The molecule has 1 aromatic carbocycles. The molecule has 0 spiro atoms. The van der Waals surface area contributed by atoms with Crippen LogP contribution in [0.3, 0.4) is 0 Å². The van der Waals surface area contributed by atoms with Crippen LogP contribution < -0.4 is 5.32 Å². The van der Waals surface area contributed by atoms with Gasteiger partial charge in [0.1, 0.15) is 6.10 Å². The van der Waals surface area contributed by atoms with Crippen LogP contribution in [0.4, 0.5) is 0 Å². The van der Waals surface area contributed by atoms with Gasteiger partial charge in [-0.25, -0.2) is 0 Å². The van der Waals surface area contributed by atoms with Gasteiger partial charge in [-0.15, -0.1) is 0 Å². The average Bonchev–Trinajstić information content (AvgIpc) is 3.42. The van der Waals surface area contributed by atoms with E-state index in [1.807, 2.05) is 24.1 Å². The van der Waals surface area contributed by atoms with E-state index in [1.165, 1.54) is 31.2 Å². The molecule has 1 aromatic heterocycles. The number of rotatable bonds is 5. The molecule has 2 aliphatic rings. The third kappa shape index (κ3) is 4.47. The zero-order valence-electron chi connectivity index (χ0n) is 17.7. The van der Waals surface area contributed by atoms with Crippen LogP contribution in [0, 0.1) is 0 Å². The summed E-state index contributed by atoms with van der Waals surface area (Å²) in [6, 6.07) is 11.0. The normalized spacial score (nSPS) is 22.1. The lowest BCUT2D eigenvalue weighted by Gasteiger charge is -2.35. The van der Waals surface area contributed by atoms with Gasteiger partial charge in [0.15, 0.2) is 5.96 Å². The smallest absolute Gasteiger partial charge is 0.194 e. The van der Waals surface area contributed by atoms with Gasteiger partial charge >= 0.3 is 0 Å². The highest BCUT2D eigenvalue weighted by molar-refractivity contribution is 5.80. The molecule has 0 bridgehead atoms. The molecule has 1 N–H and O–H groups in total. The molecule has 4 rings (SSSR count). The SMILES string of the molecule is CCNC(=NCC1(c2ccccc2)CCCC1)N1CCOC(c2cnn(C)c2)C1. The van der Waals surface area contributed by atoms with Crippen LogP contribution in [0.1, 0.15) is 49.8 Å². The second-order valence-corrected chi connectivity index (χ2v) is 8.28. The Balaban J connectivity index is 1.52. The van der Waals surface area contributed by atoms with Crippen LogP contribution in [0.15, 0.2) is 47.7 Å². The molecule has 156 valence electrons. The Bertz CT molecular complexity index is 810. The molecule has 1 saturated carbocycles. The maximum atomic E-state index is 6.03. The molecule has 1 unspecified atom stereocenters. The summed E-state index contributed by atoms with van der Waals surface area (Å²) >= 11 is 0. The van der Waals surface area contributed by atoms with Gasteiger partial charge < -0.3 is 15.0 Å². The van der Waals surface area contributed by atoms with Crippen molar-refractivity contribution in [3.05, 3.63) is 53.9 Å². The van der Waals surface area contributed by atoms with Gasteiger partial charge in [0.05, 0.1) is 25.9 Å². The molecule has 1 aliphatic heterocycles. The third-order valence-electron chi connectivity index (χ3n) is 6.28. The van der Waals surface area contributed by atoms with E-state index in [9.17, 15) is 0 Å². The molecule has 1 atom stereocenters. The molecular formula is C23H33N5O. The van der Waals surface area contributed by atoms with Gasteiger partial charge in [0, 0.05) is 37.3 Å². The highest BCUT2D eigenvalue weighted by atomic mass is 16.5. The average molecular weight is 396 g/mol. The van der Waals surface area contributed by atoms with E-state index in [4.69, 9.17) is 9.73 Å². The topological polar surface area (TPSA) is 54.7 Å². The van der Waals surface area contributed by atoms with Crippen LogP contribution in [0.5, 0.6) is 0 Å². The first-order chi connectivity index (χ1) is 14.2. The highest BCUT2D eigenvalue weighted by Crippen LogP contribution is 2.41. The number of guanidine groups is 1. The lowest BCUT2D eigenvalue weighted by atomic mass is 9.79. The van der Waals surface area contributed by atoms with E-state index in [2.05, 4.69) is 52.6 Å². The first-order valence-electron chi connectivity index (χ1n) is 10.9. The fourth-order valence-corrected chi connectivity index (χ4v) is 4.68. The molecule has 2 heterocycles. The summed E-state index contributed by atoms with van der Waals surface area (Å²) in [5, 5.41) is 7.82. The van der Waals surface area contributed by atoms with E-state index in [-0.39, 0.29) is 11.5 Å². The number of aryl methyl sites for hydroxylation is 1. The Morgan fingerprint density at radius 1 is 1.28 bits per heavy atom. The molecule has 1 saturated heterocycles. The number of hydrogen-bond donors (Lipinski definition) is 1. The van der Waals surface area contributed by atoms with Crippen molar-refractivity contribution < 1.29 is 4.74 Å². The van der Waals surface area contributed by atoms with E-state index < -0.39 is 0 Å². The largest absolute Gasteiger partial charge is 0.370 e. The lowest BCUT2D eigenvalue weighted by molar-refractivity contribution is -0.00807. The van der Waals surface area contributed by atoms with Gasteiger partial charge in [-0.1, -0.05) is 43.2 Å². The summed E-state index contributed by atoms with van der Waals surface area (Å²) < 4.78 is 7.86. The fourth-order valence-electron chi connectivity index (χ4n) is 4.68. The number of aliphatic imine (C=N–C) groups is 1. The van der Waals surface area contributed by atoms with Crippen molar-refractivity contribution in [2.45, 2.75) is 44.1 Å². The predicted octanol–water partition coefficient (Wildman–Crippen LogP) is 3.27. The third-order valence-corrected chi connectivity index (χ3v) is 6.28. The van der Waals surface area contributed by atoms with Gasteiger partial charge in [-0.05, 0) is 25.3 Å². The number of hydrogen-bond acceptors (Lipinski definition) is 3. The van der Waals surface area contributed by atoms with Crippen molar-refractivity contribution in [3.8, 4) is 0 Å². The van der Waals surface area contributed by atoms with Crippen LogP contribution in [0.2, 0.25) is 0 Å². The standard InChI is InChI=1S/C23H33N5O/c1-3-24-22(28-13-14-29-21(17-28)19-15-26-27(2)16-19)25-18-23(11-7-8-12-23)20-9-5-4-6-10-20/h4-6,9-10,15-16,21H,3,7-8,11-14,17-18H2,1-2H3,(H,24,25). The molecule has 2 fully saturated rings. The molecule has 0 radical (unpaired) electrons. The van der Waals surface area contributed by atoms with Gasteiger partial charge in [-0.2, -0.15) is 5.10 Å². The van der Waals surface area contributed by atoms with Crippen LogP contribution in [-0.2, 0) is 17.2 Å². The summed E-state index contributed by atoms with van der Waals surface area (Å²) in [5.74, 6) is 1.01. The zero-order valence-corrected chi connectivity index (χ0v) is 17.7. The van der Waals surface area contributed by atoms with E-state index in [0.29, 0.717) is 6.61 Å². The molecule has 6 heteroatoms. The number of aromatic nitrogens is 2. The number of nitrogens with one attached hydrogen (secondary N) is 1. The number of benzene rings is 1. The summed E-state index contributed by atoms with van der Waals surface area (Å²) in [5.41, 5.74) is 2.74. The van der Waals surface area contributed by atoms with Crippen LogP contribution in [0.25, 0.3) is 0 Å². The second kappa shape index (κ2) is 8.99. The summed E-state index contributed by atoms with van der Waals surface area (Å²) in [4.78, 5) is 7.50.